The fourth-order valence-corrected chi connectivity index (χ4v) is 6.51. The Labute approximate surface area is 203 Å². The molecule has 0 heterocycles. The van der Waals surface area contributed by atoms with Gasteiger partial charge in [-0.15, -0.1) is 6.58 Å². The van der Waals surface area contributed by atoms with Crippen LogP contribution in [0.5, 0.6) is 0 Å². The van der Waals surface area contributed by atoms with Crippen LogP contribution in [0, 0.1) is 23.7 Å². The van der Waals surface area contributed by atoms with Gasteiger partial charge in [0.15, 0.2) is 0 Å². The lowest BCUT2D eigenvalue weighted by atomic mass is 9.68. The molecule has 0 bridgehead atoms. The predicted octanol–water partition coefficient (Wildman–Crippen LogP) is 9.86. The summed E-state index contributed by atoms with van der Waals surface area (Å²) >= 11 is 0. The van der Waals surface area contributed by atoms with E-state index in [1.807, 2.05) is 6.08 Å². The van der Waals surface area contributed by atoms with Crippen molar-refractivity contribution in [1.29, 1.82) is 0 Å². The van der Waals surface area contributed by atoms with E-state index in [1.165, 1.54) is 98.9 Å². The van der Waals surface area contributed by atoms with Crippen molar-refractivity contribution in [3.8, 4) is 0 Å². The highest BCUT2D eigenvalue weighted by Gasteiger charge is 2.30. The van der Waals surface area contributed by atoms with Crippen molar-refractivity contribution in [3.05, 3.63) is 72.3 Å². The van der Waals surface area contributed by atoms with E-state index in [0.29, 0.717) is 0 Å². The summed E-state index contributed by atoms with van der Waals surface area (Å²) in [6, 6.07) is 14.1. The van der Waals surface area contributed by atoms with Crippen molar-refractivity contribution in [3.63, 3.8) is 0 Å². The summed E-state index contributed by atoms with van der Waals surface area (Å²) in [7, 11) is 0. The zero-order valence-corrected chi connectivity index (χ0v) is 21.1. The maximum absolute atomic E-state index is 3.85. The van der Waals surface area contributed by atoms with Gasteiger partial charge in [-0.25, -0.2) is 0 Å². The molecule has 4 rings (SSSR count). The molecule has 0 amide bonds. The van der Waals surface area contributed by atoms with Gasteiger partial charge in [-0.3, -0.25) is 0 Å². The number of unbranched alkanes of at least 4 members (excludes halogenated alkanes) is 1. The van der Waals surface area contributed by atoms with Crippen LogP contribution in [0.25, 0.3) is 10.8 Å². The molecule has 0 unspecified atom stereocenters. The Hall–Kier alpha value is -1.82. The van der Waals surface area contributed by atoms with E-state index in [1.54, 1.807) is 0 Å². The van der Waals surface area contributed by atoms with E-state index in [0.717, 1.165) is 36.5 Å². The number of rotatable bonds is 10. The van der Waals surface area contributed by atoms with E-state index in [4.69, 9.17) is 0 Å². The lowest BCUT2D eigenvalue weighted by molar-refractivity contribution is 0.152. The topological polar surface area (TPSA) is 0 Å². The highest BCUT2D eigenvalue weighted by molar-refractivity contribution is 5.83. The SMILES string of the molecule is C=CCCc1ccc2cc(CCC3CCC(C4CCC(/C=C/CCC)CC4)CC3)ccc2c1. The van der Waals surface area contributed by atoms with Gasteiger partial charge in [0, 0.05) is 0 Å². The van der Waals surface area contributed by atoms with Crippen LogP contribution >= 0.6 is 0 Å². The van der Waals surface area contributed by atoms with Crippen molar-refractivity contribution < 1.29 is 0 Å². The van der Waals surface area contributed by atoms with Crippen molar-refractivity contribution >= 4 is 10.8 Å². The molecule has 2 aliphatic carbocycles. The Bertz CT molecular complexity index is 887. The van der Waals surface area contributed by atoms with Gasteiger partial charge in [-0.05, 0) is 116 Å². The smallest absolute Gasteiger partial charge is 0.0181 e. The van der Waals surface area contributed by atoms with Crippen molar-refractivity contribution in [2.24, 2.45) is 23.7 Å². The number of hydrogen-bond donors (Lipinski definition) is 0. The first-order valence-corrected chi connectivity index (χ1v) is 14.0. The first kappa shape index (κ1) is 24.3. The van der Waals surface area contributed by atoms with Gasteiger partial charge < -0.3 is 0 Å². The summed E-state index contributed by atoms with van der Waals surface area (Å²) in [5.41, 5.74) is 2.95. The van der Waals surface area contributed by atoms with Crippen LogP contribution in [-0.2, 0) is 12.8 Å². The van der Waals surface area contributed by atoms with Crippen molar-refractivity contribution in [1.82, 2.24) is 0 Å². The van der Waals surface area contributed by atoms with Gasteiger partial charge in [-0.2, -0.15) is 0 Å². The summed E-state index contributed by atoms with van der Waals surface area (Å²) in [6.07, 6.45) is 26.1. The molecule has 2 aromatic carbocycles. The molecule has 0 heteroatoms. The minimum absolute atomic E-state index is 0.879. The predicted molar refractivity (Wildman–Crippen MR) is 146 cm³/mol. The first-order valence-electron chi connectivity index (χ1n) is 14.0. The average Bonchev–Trinajstić information content (AvgIpc) is 2.87. The molecule has 2 fully saturated rings. The van der Waals surface area contributed by atoms with Crippen LogP contribution in [0.4, 0.5) is 0 Å². The second-order valence-electron chi connectivity index (χ2n) is 11.1. The molecule has 33 heavy (non-hydrogen) atoms. The van der Waals surface area contributed by atoms with Crippen LogP contribution in [-0.4, -0.2) is 0 Å². The number of aryl methyl sites for hydroxylation is 2. The molecular weight excluding hydrogens is 396 g/mol. The van der Waals surface area contributed by atoms with Gasteiger partial charge in [0.1, 0.15) is 0 Å². The van der Waals surface area contributed by atoms with Gasteiger partial charge in [0.25, 0.3) is 0 Å². The Kier molecular flexibility index (Phi) is 9.27. The number of allylic oxidation sites excluding steroid dienone is 3. The van der Waals surface area contributed by atoms with E-state index < -0.39 is 0 Å². The molecule has 0 aliphatic heterocycles. The summed E-state index contributed by atoms with van der Waals surface area (Å²) in [5, 5.41) is 2.79. The lowest BCUT2D eigenvalue weighted by Gasteiger charge is -2.37. The first-order chi connectivity index (χ1) is 16.2. The third kappa shape index (κ3) is 7.08. The van der Waals surface area contributed by atoms with Crippen LogP contribution in [0.2, 0.25) is 0 Å². The van der Waals surface area contributed by atoms with Gasteiger partial charge in [-0.1, -0.05) is 80.8 Å². The maximum atomic E-state index is 3.85. The molecule has 0 aromatic heterocycles. The number of fused-ring (bicyclic) bond motifs is 1. The minimum atomic E-state index is 0.879. The van der Waals surface area contributed by atoms with E-state index in [2.05, 4.69) is 62.1 Å². The molecule has 0 saturated heterocycles. The third-order valence-corrected chi connectivity index (χ3v) is 8.69. The van der Waals surface area contributed by atoms with Gasteiger partial charge >= 0.3 is 0 Å². The number of hydrogen-bond acceptors (Lipinski definition) is 0. The Morgan fingerprint density at radius 1 is 0.758 bits per heavy atom. The van der Waals surface area contributed by atoms with Crippen LogP contribution < -0.4 is 0 Å². The van der Waals surface area contributed by atoms with E-state index in [9.17, 15) is 0 Å². The average molecular weight is 443 g/mol. The minimum Gasteiger partial charge on any atom is -0.103 e. The molecular formula is C33H46. The lowest BCUT2D eigenvalue weighted by Crippen LogP contribution is -2.25. The Morgan fingerprint density at radius 3 is 1.97 bits per heavy atom. The number of benzene rings is 2. The largest absolute Gasteiger partial charge is 0.103 e. The van der Waals surface area contributed by atoms with Crippen molar-refractivity contribution in [2.45, 2.75) is 96.8 Å². The molecule has 2 saturated carbocycles. The van der Waals surface area contributed by atoms with E-state index in [-0.39, 0.29) is 0 Å². The molecule has 0 spiro atoms. The summed E-state index contributed by atoms with van der Waals surface area (Å²) in [5.74, 6) is 3.88. The highest BCUT2D eigenvalue weighted by atomic mass is 14.4. The van der Waals surface area contributed by atoms with Gasteiger partial charge in [0.05, 0.1) is 0 Å². The third-order valence-electron chi connectivity index (χ3n) is 8.69. The molecule has 2 aliphatic rings. The Morgan fingerprint density at radius 2 is 1.36 bits per heavy atom. The fourth-order valence-electron chi connectivity index (χ4n) is 6.51. The quantitative estimate of drug-likeness (QED) is 0.321. The second-order valence-corrected chi connectivity index (χ2v) is 11.1. The zero-order chi connectivity index (χ0) is 22.9. The second kappa shape index (κ2) is 12.6. The Balaban J connectivity index is 1.20. The van der Waals surface area contributed by atoms with Crippen LogP contribution in [0.3, 0.4) is 0 Å². The van der Waals surface area contributed by atoms with Crippen molar-refractivity contribution in [2.75, 3.05) is 0 Å². The molecule has 0 radical (unpaired) electrons. The monoisotopic (exact) mass is 442 g/mol. The summed E-state index contributed by atoms with van der Waals surface area (Å²) in [4.78, 5) is 0. The van der Waals surface area contributed by atoms with E-state index >= 15 is 0 Å². The van der Waals surface area contributed by atoms with Crippen LogP contribution in [0.15, 0.2) is 61.2 Å². The highest BCUT2D eigenvalue weighted by Crippen LogP contribution is 2.42. The molecule has 0 N–H and O–H groups in total. The normalized spacial score (nSPS) is 26.1. The molecule has 2 aromatic rings. The molecule has 0 atom stereocenters. The molecule has 178 valence electrons. The molecule has 0 nitrogen and oxygen atoms in total. The zero-order valence-electron chi connectivity index (χ0n) is 21.1. The summed E-state index contributed by atoms with van der Waals surface area (Å²) < 4.78 is 0. The fraction of sp³-hybridized carbons (Fsp3) is 0.576. The maximum Gasteiger partial charge on any atom is -0.0181 e. The standard InChI is InChI=1S/C33H46/c1-3-5-7-9-26-12-18-30(19-13-26)31-20-14-27(15-21-31)10-11-29-17-23-32-24-28(8-6-4-2)16-22-33(32)25-29/h4,7,9,16-17,22-27,30-31H,2-3,5-6,8,10-15,18-21H2,1H3/b9-7+. The van der Waals surface area contributed by atoms with Crippen LogP contribution in [0.1, 0.15) is 95.1 Å². The van der Waals surface area contributed by atoms with Gasteiger partial charge in [0.2, 0.25) is 0 Å². The summed E-state index contributed by atoms with van der Waals surface area (Å²) in [6.45, 7) is 6.13.